The lowest BCUT2D eigenvalue weighted by molar-refractivity contribution is -0.119. The SMILES string of the molecule is O=C(c1ccc(Nc2nc(-c3cccc4c3CCN4C(=O)C3CC3)cn3ccnc23)cc1)N1CCOCC1. The van der Waals surface area contributed by atoms with Gasteiger partial charge in [-0.2, -0.15) is 0 Å². The van der Waals surface area contributed by atoms with E-state index < -0.39 is 0 Å². The van der Waals surface area contributed by atoms with Crippen LogP contribution < -0.4 is 10.2 Å². The van der Waals surface area contributed by atoms with E-state index in [2.05, 4.69) is 16.4 Å². The Bertz CT molecular complexity index is 1540. The third-order valence-electron chi connectivity index (χ3n) is 7.56. The summed E-state index contributed by atoms with van der Waals surface area (Å²) in [4.78, 5) is 38.9. The average Bonchev–Trinajstić information content (AvgIpc) is 3.54. The first-order chi connectivity index (χ1) is 18.7. The fourth-order valence-corrected chi connectivity index (χ4v) is 5.38. The molecule has 1 saturated carbocycles. The van der Waals surface area contributed by atoms with Gasteiger partial charge in [-0.15, -0.1) is 0 Å². The summed E-state index contributed by atoms with van der Waals surface area (Å²) in [5.74, 6) is 1.08. The normalized spacial score (nSPS) is 17.1. The average molecular weight is 509 g/mol. The van der Waals surface area contributed by atoms with Crippen molar-refractivity contribution in [1.29, 1.82) is 0 Å². The van der Waals surface area contributed by atoms with Crippen LogP contribution in [0.25, 0.3) is 16.9 Å². The van der Waals surface area contributed by atoms with Gasteiger partial charge < -0.3 is 24.3 Å². The van der Waals surface area contributed by atoms with Crippen molar-refractivity contribution < 1.29 is 14.3 Å². The number of imidazole rings is 1. The number of anilines is 3. The quantitative estimate of drug-likeness (QED) is 0.440. The van der Waals surface area contributed by atoms with E-state index >= 15 is 0 Å². The highest BCUT2D eigenvalue weighted by atomic mass is 16.5. The zero-order chi connectivity index (χ0) is 25.6. The van der Waals surface area contributed by atoms with E-state index in [1.807, 2.05) is 63.0 Å². The number of morpholine rings is 1. The molecule has 2 fully saturated rings. The molecule has 0 radical (unpaired) electrons. The number of nitrogens with zero attached hydrogens (tertiary/aromatic N) is 5. The number of nitrogens with one attached hydrogen (secondary N) is 1. The fourth-order valence-electron chi connectivity index (χ4n) is 5.38. The Hall–Kier alpha value is -4.24. The lowest BCUT2D eigenvalue weighted by Gasteiger charge is -2.26. The second-order valence-corrected chi connectivity index (χ2v) is 10.1. The van der Waals surface area contributed by atoms with E-state index in [4.69, 9.17) is 9.72 Å². The summed E-state index contributed by atoms with van der Waals surface area (Å²) in [7, 11) is 0. The van der Waals surface area contributed by atoms with Crippen molar-refractivity contribution in [1.82, 2.24) is 19.3 Å². The molecule has 0 bridgehead atoms. The molecule has 192 valence electrons. The number of carbonyl (C=O) groups excluding carboxylic acids is 2. The minimum Gasteiger partial charge on any atom is -0.378 e. The van der Waals surface area contributed by atoms with Crippen molar-refractivity contribution in [3.8, 4) is 11.3 Å². The highest BCUT2D eigenvalue weighted by Gasteiger charge is 2.37. The molecular formula is C29H28N6O3. The summed E-state index contributed by atoms with van der Waals surface area (Å²) in [5, 5.41) is 3.40. The number of benzene rings is 2. The van der Waals surface area contributed by atoms with Gasteiger partial charge in [0.15, 0.2) is 11.5 Å². The van der Waals surface area contributed by atoms with Crippen LogP contribution in [-0.4, -0.2) is 63.9 Å². The standard InChI is InChI=1S/C29H28N6O3/c36-28(33-14-16-38-17-15-33)19-6-8-21(9-7-19)31-26-27-30-11-13-34(27)18-24(32-26)22-2-1-3-25-23(22)10-12-35(25)29(37)20-4-5-20/h1-3,6-9,11,13,18,20H,4-5,10,12,14-17H2,(H,31,32). The topological polar surface area (TPSA) is 92.1 Å². The molecule has 9 nitrogen and oxygen atoms in total. The van der Waals surface area contributed by atoms with E-state index in [0.29, 0.717) is 43.3 Å². The Morgan fingerprint density at radius 2 is 1.82 bits per heavy atom. The van der Waals surface area contributed by atoms with Gasteiger partial charge in [0.05, 0.1) is 18.9 Å². The highest BCUT2D eigenvalue weighted by Crippen LogP contribution is 2.40. The van der Waals surface area contributed by atoms with E-state index in [1.54, 1.807) is 6.20 Å². The summed E-state index contributed by atoms with van der Waals surface area (Å²) in [6, 6.07) is 13.6. The Morgan fingerprint density at radius 3 is 2.61 bits per heavy atom. The van der Waals surface area contributed by atoms with E-state index in [1.165, 1.54) is 0 Å². The maximum absolute atomic E-state index is 12.8. The van der Waals surface area contributed by atoms with E-state index in [0.717, 1.165) is 54.0 Å². The third kappa shape index (κ3) is 4.09. The van der Waals surface area contributed by atoms with Crippen LogP contribution in [0, 0.1) is 5.92 Å². The molecule has 0 spiro atoms. The molecule has 4 heterocycles. The molecule has 0 unspecified atom stereocenters. The number of rotatable bonds is 5. The fraction of sp³-hybridized carbons (Fsp3) is 0.310. The van der Waals surface area contributed by atoms with Crippen LogP contribution in [0.3, 0.4) is 0 Å². The van der Waals surface area contributed by atoms with Gasteiger partial charge in [-0.25, -0.2) is 9.97 Å². The number of carbonyl (C=O) groups is 2. The molecule has 2 aliphatic heterocycles. The summed E-state index contributed by atoms with van der Waals surface area (Å²) in [6.45, 7) is 3.10. The van der Waals surface area contributed by atoms with Crippen LogP contribution in [0.2, 0.25) is 0 Å². The maximum atomic E-state index is 12.8. The van der Waals surface area contributed by atoms with Crippen LogP contribution in [0.4, 0.5) is 17.2 Å². The summed E-state index contributed by atoms with van der Waals surface area (Å²) in [6.07, 6.45) is 8.46. The number of ether oxygens (including phenoxy) is 1. The largest absolute Gasteiger partial charge is 0.378 e. The van der Waals surface area contributed by atoms with Crippen LogP contribution in [0.1, 0.15) is 28.8 Å². The molecule has 1 saturated heterocycles. The Morgan fingerprint density at radius 1 is 1.00 bits per heavy atom. The Labute approximate surface area is 220 Å². The van der Waals surface area contributed by atoms with Gasteiger partial charge >= 0.3 is 0 Å². The molecule has 1 N–H and O–H groups in total. The van der Waals surface area contributed by atoms with Crippen molar-refractivity contribution in [3.63, 3.8) is 0 Å². The van der Waals surface area contributed by atoms with E-state index in [9.17, 15) is 9.59 Å². The minimum atomic E-state index is 0.0164. The van der Waals surface area contributed by atoms with Crippen LogP contribution in [-0.2, 0) is 16.0 Å². The molecule has 2 aromatic carbocycles. The lowest BCUT2D eigenvalue weighted by atomic mass is 10.0. The molecule has 2 amide bonds. The molecule has 38 heavy (non-hydrogen) atoms. The number of aromatic nitrogens is 3. The number of hydrogen-bond donors (Lipinski definition) is 1. The van der Waals surface area contributed by atoms with Gasteiger partial charge in [0.1, 0.15) is 0 Å². The molecule has 2 aromatic heterocycles. The van der Waals surface area contributed by atoms with Gasteiger partial charge in [-0.3, -0.25) is 9.59 Å². The monoisotopic (exact) mass is 508 g/mol. The molecule has 0 atom stereocenters. The molecular weight excluding hydrogens is 480 g/mol. The summed E-state index contributed by atoms with van der Waals surface area (Å²) >= 11 is 0. The molecule has 9 heteroatoms. The zero-order valence-corrected chi connectivity index (χ0v) is 21.0. The first-order valence-electron chi connectivity index (χ1n) is 13.2. The summed E-state index contributed by atoms with van der Waals surface area (Å²) in [5.41, 5.74) is 6.17. The van der Waals surface area contributed by atoms with Crippen molar-refractivity contribution >= 4 is 34.7 Å². The maximum Gasteiger partial charge on any atom is 0.254 e. The predicted molar refractivity (Wildman–Crippen MR) is 144 cm³/mol. The molecule has 3 aliphatic rings. The van der Waals surface area contributed by atoms with E-state index in [-0.39, 0.29) is 17.7 Å². The number of hydrogen-bond acceptors (Lipinski definition) is 6. The second-order valence-electron chi connectivity index (χ2n) is 10.1. The van der Waals surface area contributed by atoms with Crippen molar-refractivity contribution in [3.05, 3.63) is 72.2 Å². The van der Waals surface area contributed by atoms with Gasteiger partial charge in [-0.05, 0) is 55.2 Å². The molecule has 1 aliphatic carbocycles. The van der Waals surface area contributed by atoms with Crippen molar-refractivity contribution in [2.75, 3.05) is 43.1 Å². The van der Waals surface area contributed by atoms with Gasteiger partial charge in [0.25, 0.3) is 5.91 Å². The van der Waals surface area contributed by atoms with Gasteiger partial charge in [-0.1, -0.05) is 12.1 Å². The minimum absolute atomic E-state index is 0.0164. The number of amides is 2. The Balaban J connectivity index is 1.19. The first-order valence-corrected chi connectivity index (χ1v) is 13.2. The lowest BCUT2D eigenvalue weighted by Crippen LogP contribution is -2.40. The first kappa shape index (κ1) is 22.9. The van der Waals surface area contributed by atoms with Crippen molar-refractivity contribution in [2.24, 2.45) is 5.92 Å². The summed E-state index contributed by atoms with van der Waals surface area (Å²) < 4.78 is 7.32. The van der Waals surface area contributed by atoms with Crippen LogP contribution >= 0.6 is 0 Å². The van der Waals surface area contributed by atoms with Crippen molar-refractivity contribution in [2.45, 2.75) is 19.3 Å². The highest BCUT2D eigenvalue weighted by molar-refractivity contribution is 5.99. The third-order valence-corrected chi connectivity index (χ3v) is 7.56. The predicted octanol–water partition coefficient (Wildman–Crippen LogP) is 3.91. The smallest absolute Gasteiger partial charge is 0.254 e. The number of fused-ring (bicyclic) bond motifs is 2. The van der Waals surface area contributed by atoms with Crippen LogP contribution in [0.5, 0.6) is 0 Å². The van der Waals surface area contributed by atoms with Crippen LogP contribution in [0.15, 0.2) is 61.1 Å². The van der Waals surface area contributed by atoms with Gasteiger partial charge in [0.2, 0.25) is 5.91 Å². The molecule has 4 aromatic rings. The zero-order valence-electron chi connectivity index (χ0n) is 21.0. The second kappa shape index (κ2) is 9.25. The Kier molecular flexibility index (Phi) is 5.58. The molecule has 7 rings (SSSR count). The van der Waals surface area contributed by atoms with Gasteiger partial charge in [0, 0.05) is 66.6 Å².